The van der Waals surface area contributed by atoms with Crippen LogP contribution in [-0.2, 0) is 9.59 Å². The zero-order chi connectivity index (χ0) is 19.6. The Hall–Kier alpha value is -2.93. The Bertz CT molecular complexity index is 887. The monoisotopic (exact) mass is 389 g/mol. The van der Waals surface area contributed by atoms with E-state index in [1.54, 1.807) is 36.4 Å². The highest BCUT2D eigenvalue weighted by Gasteiger charge is 2.36. The Labute approximate surface area is 162 Å². The number of rotatable bonds is 5. The standard InChI is InChI=1S/C19H20ClN3O4/c1-26-13-4-5-14(21)15(9-13)22-19(25)11-7-18(24)23(10-11)16-8-12(20)3-6-17(16)27-2/h3-6,8-9,11H,7,10,21H2,1-2H3,(H,22,25). The van der Waals surface area contributed by atoms with Gasteiger partial charge in [0, 0.05) is 24.1 Å². The van der Waals surface area contributed by atoms with E-state index in [1.165, 1.54) is 19.1 Å². The maximum absolute atomic E-state index is 12.7. The van der Waals surface area contributed by atoms with Gasteiger partial charge in [-0.1, -0.05) is 11.6 Å². The van der Waals surface area contributed by atoms with Crippen molar-refractivity contribution < 1.29 is 19.1 Å². The Morgan fingerprint density at radius 2 is 2.00 bits per heavy atom. The predicted molar refractivity (Wildman–Crippen MR) is 105 cm³/mol. The summed E-state index contributed by atoms with van der Waals surface area (Å²) in [5.74, 6) is 0.117. The first-order valence-corrected chi connectivity index (χ1v) is 8.69. The molecule has 7 nitrogen and oxygen atoms in total. The van der Waals surface area contributed by atoms with E-state index in [9.17, 15) is 9.59 Å². The van der Waals surface area contributed by atoms with Crippen LogP contribution in [0.1, 0.15) is 6.42 Å². The minimum Gasteiger partial charge on any atom is -0.497 e. The van der Waals surface area contributed by atoms with E-state index in [4.69, 9.17) is 26.8 Å². The molecule has 1 atom stereocenters. The van der Waals surface area contributed by atoms with Crippen LogP contribution in [-0.4, -0.2) is 32.6 Å². The molecule has 0 spiro atoms. The van der Waals surface area contributed by atoms with E-state index in [-0.39, 0.29) is 24.8 Å². The molecule has 142 valence electrons. The number of nitrogen functional groups attached to an aromatic ring is 1. The minimum atomic E-state index is -0.521. The fraction of sp³-hybridized carbons (Fsp3) is 0.263. The molecule has 2 aromatic rings. The molecule has 0 aliphatic carbocycles. The molecule has 8 heteroatoms. The summed E-state index contributed by atoms with van der Waals surface area (Å²) in [6.07, 6.45) is 0.0887. The van der Waals surface area contributed by atoms with Gasteiger partial charge in [0.2, 0.25) is 11.8 Å². The van der Waals surface area contributed by atoms with E-state index in [0.29, 0.717) is 33.6 Å². The molecule has 1 saturated heterocycles. The molecule has 27 heavy (non-hydrogen) atoms. The summed E-state index contributed by atoms with van der Waals surface area (Å²) in [6.45, 7) is 0.227. The highest BCUT2D eigenvalue weighted by molar-refractivity contribution is 6.31. The lowest BCUT2D eigenvalue weighted by Crippen LogP contribution is -2.28. The Morgan fingerprint density at radius 3 is 2.70 bits per heavy atom. The molecule has 0 aromatic heterocycles. The molecule has 1 aliphatic heterocycles. The van der Waals surface area contributed by atoms with Gasteiger partial charge in [-0.2, -0.15) is 0 Å². The van der Waals surface area contributed by atoms with Crippen LogP contribution in [0.15, 0.2) is 36.4 Å². The number of nitrogens with one attached hydrogen (secondary N) is 1. The highest BCUT2D eigenvalue weighted by Crippen LogP contribution is 2.35. The third-order valence-electron chi connectivity index (χ3n) is 4.45. The largest absolute Gasteiger partial charge is 0.497 e. The van der Waals surface area contributed by atoms with Crippen molar-refractivity contribution in [2.75, 3.05) is 36.7 Å². The number of halogens is 1. The van der Waals surface area contributed by atoms with Crippen LogP contribution < -0.4 is 25.4 Å². The number of hydrogen-bond acceptors (Lipinski definition) is 5. The molecular weight excluding hydrogens is 370 g/mol. The van der Waals surface area contributed by atoms with Gasteiger partial charge in [-0.05, 0) is 30.3 Å². The summed E-state index contributed by atoms with van der Waals surface area (Å²) in [6, 6.07) is 10.0. The van der Waals surface area contributed by atoms with Crippen LogP contribution in [0.3, 0.4) is 0 Å². The fourth-order valence-corrected chi connectivity index (χ4v) is 3.16. The number of nitrogens with zero attached hydrogens (tertiary/aromatic N) is 1. The van der Waals surface area contributed by atoms with Crippen molar-refractivity contribution in [3.05, 3.63) is 41.4 Å². The van der Waals surface area contributed by atoms with E-state index in [1.807, 2.05) is 0 Å². The smallest absolute Gasteiger partial charge is 0.229 e. The SMILES string of the molecule is COc1ccc(N)c(NC(=O)C2CC(=O)N(c3cc(Cl)ccc3OC)C2)c1. The molecule has 2 aromatic carbocycles. The van der Waals surface area contributed by atoms with Gasteiger partial charge in [-0.3, -0.25) is 9.59 Å². The molecule has 2 amide bonds. The zero-order valence-electron chi connectivity index (χ0n) is 15.0. The van der Waals surface area contributed by atoms with Gasteiger partial charge in [-0.25, -0.2) is 0 Å². The van der Waals surface area contributed by atoms with Crippen LogP contribution in [0.4, 0.5) is 17.1 Å². The van der Waals surface area contributed by atoms with Crippen LogP contribution in [0.5, 0.6) is 11.5 Å². The van der Waals surface area contributed by atoms with Crippen molar-refractivity contribution in [3.8, 4) is 11.5 Å². The molecule has 3 rings (SSSR count). The van der Waals surface area contributed by atoms with Crippen LogP contribution in [0.25, 0.3) is 0 Å². The summed E-state index contributed by atoms with van der Waals surface area (Å²) in [7, 11) is 3.05. The first-order chi connectivity index (χ1) is 12.9. The number of anilines is 3. The number of hydrogen-bond donors (Lipinski definition) is 2. The number of methoxy groups -OCH3 is 2. The second-order valence-electron chi connectivity index (χ2n) is 6.16. The molecule has 3 N–H and O–H groups in total. The van der Waals surface area contributed by atoms with Gasteiger partial charge in [-0.15, -0.1) is 0 Å². The lowest BCUT2D eigenvalue weighted by atomic mass is 10.1. The first-order valence-electron chi connectivity index (χ1n) is 8.31. The van der Waals surface area contributed by atoms with Gasteiger partial charge >= 0.3 is 0 Å². The highest BCUT2D eigenvalue weighted by atomic mass is 35.5. The van der Waals surface area contributed by atoms with Gasteiger partial charge in [0.05, 0.1) is 37.2 Å². The van der Waals surface area contributed by atoms with Crippen LogP contribution in [0, 0.1) is 5.92 Å². The molecule has 0 radical (unpaired) electrons. The summed E-state index contributed by atoms with van der Waals surface area (Å²) < 4.78 is 10.5. The van der Waals surface area contributed by atoms with Crippen molar-refractivity contribution in [2.45, 2.75) is 6.42 Å². The molecular formula is C19H20ClN3O4. The molecule has 0 bridgehead atoms. The van der Waals surface area contributed by atoms with E-state index >= 15 is 0 Å². The second kappa shape index (κ2) is 7.75. The number of carbonyl (C=O) groups is 2. The van der Waals surface area contributed by atoms with E-state index < -0.39 is 5.92 Å². The molecule has 1 unspecified atom stereocenters. The summed E-state index contributed by atoms with van der Waals surface area (Å²) in [5.41, 5.74) is 7.33. The maximum Gasteiger partial charge on any atom is 0.229 e. The number of carbonyl (C=O) groups excluding carboxylic acids is 2. The minimum absolute atomic E-state index is 0.0887. The van der Waals surface area contributed by atoms with E-state index in [0.717, 1.165) is 0 Å². The van der Waals surface area contributed by atoms with Crippen molar-refractivity contribution in [1.29, 1.82) is 0 Å². The molecule has 1 aliphatic rings. The van der Waals surface area contributed by atoms with Gasteiger partial charge < -0.3 is 25.4 Å². The third-order valence-corrected chi connectivity index (χ3v) is 4.68. The van der Waals surface area contributed by atoms with Gasteiger partial charge in [0.25, 0.3) is 0 Å². The van der Waals surface area contributed by atoms with Crippen molar-refractivity contribution in [3.63, 3.8) is 0 Å². The first kappa shape index (κ1) is 18.8. The number of benzene rings is 2. The van der Waals surface area contributed by atoms with Crippen LogP contribution in [0.2, 0.25) is 5.02 Å². The van der Waals surface area contributed by atoms with Crippen molar-refractivity contribution >= 4 is 40.5 Å². The Kier molecular flexibility index (Phi) is 5.41. The predicted octanol–water partition coefficient (Wildman–Crippen LogP) is 2.93. The Morgan fingerprint density at radius 1 is 1.22 bits per heavy atom. The summed E-state index contributed by atoms with van der Waals surface area (Å²) >= 11 is 6.05. The average molecular weight is 390 g/mol. The van der Waals surface area contributed by atoms with Crippen molar-refractivity contribution in [2.24, 2.45) is 5.92 Å². The average Bonchev–Trinajstić information content (AvgIpc) is 3.05. The summed E-state index contributed by atoms with van der Waals surface area (Å²) in [5, 5.41) is 3.26. The number of amides is 2. The Balaban J connectivity index is 1.78. The van der Waals surface area contributed by atoms with Crippen LogP contribution >= 0.6 is 11.6 Å². The zero-order valence-corrected chi connectivity index (χ0v) is 15.7. The van der Waals surface area contributed by atoms with Gasteiger partial charge in [0.1, 0.15) is 11.5 Å². The number of nitrogens with two attached hydrogens (primary N) is 1. The lowest BCUT2D eigenvalue weighted by Gasteiger charge is -2.20. The lowest BCUT2D eigenvalue weighted by molar-refractivity contribution is -0.122. The fourth-order valence-electron chi connectivity index (χ4n) is 3.00. The summed E-state index contributed by atoms with van der Waals surface area (Å²) in [4.78, 5) is 26.7. The topological polar surface area (TPSA) is 93.9 Å². The number of ether oxygens (including phenoxy) is 2. The van der Waals surface area contributed by atoms with E-state index in [2.05, 4.69) is 5.32 Å². The second-order valence-corrected chi connectivity index (χ2v) is 6.60. The molecule has 0 saturated carbocycles. The molecule has 1 heterocycles. The third kappa shape index (κ3) is 3.93. The molecule has 1 fully saturated rings. The normalized spacial score (nSPS) is 16.3. The van der Waals surface area contributed by atoms with Gasteiger partial charge in [0.15, 0.2) is 0 Å². The van der Waals surface area contributed by atoms with Crippen molar-refractivity contribution in [1.82, 2.24) is 0 Å². The quantitative estimate of drug-likeness (QED) is 0.767. The maximum atomic E-state index is 12.7.